The number of para-hydroxylation sites is 1. The molecule has 0 saturated carbocycles. The topological polar surface area (TPSA) is 72.7 Å². The van der Waals surface area contributed by atoms with Crippen molar-refractivity contribution in [1.29, 1.82) is 0 Å². The van der Waals surface area contributed by atoms with Gasteiger partial charge in [0.15, 0.2) is 11.0 Å². The lowest BCUT2D eigenvalue weighted by Crippen LogP contribution is -2.15. The van der Waals surface area contributed by atoms with Crippen LogP contribution in [0.3, 0.4) is 0 Å². The maximum atomic E-state index is 12.6. The van der Waals surface area contributed by atoms with Gasteiger partial charge in [0.2, 0.25) is 5.91 Å². The minimum atomic E-state index is -0.141. The van der Waals surface area contributed by atoms with E-state index in [1.54, 1.807) is 24.5 Å². The number of halogens is 1. The predicted octanol–water partition coefficient (Wildman–Crippen LogP) is 5.33. The summed E-state index contributed by atoms with van der Waals surface area (Å²) in [6.07, 6.45) is 3.47. The molecule has 4 rings (SSSR count). The zero-order valence-electron chi connectivity index (χ0n) is 17.0. The summed E-state index contributed by atoms with van der Waals surface area (Å²) in [5.74, 6) is 0.719. The van der Waals surface area contributed by atoms with Crippen LogP contribution in [-0.4, -0.2) is 31.4 Å². The van der Waals surface area contributed by atoms with Gasteiger partial charge in [-0.25, -0.2) is 0 Å². The number of carbonyl (C=O) groups excluding carboxylic acids is 1. The normalized spacial score (nSPS) is 10.8. The van der Waals surface area contributed by atoms with Gasteiger partial charge in [0, 0.05) is 28.7 Å². The summed E-state index contributed by atoms with van der Waals surface area (Å²) in [5, 5.41) is 12.9. The molecule has 0 unspecified atom stereocenters. The molecule has 2 aromatic carbocycles. The molecule has 1 amide bonds. The number of carbonyl (C=O) groups is 1. The smallest absolute Gasteiger partial charge is 0.234 e. The number of nitrogens with zero attached hydrogens (tertiary/aromatic N) is 4. The Morgan fingerprint density at radius 2 is 1.90 bits per heavy atom. The Morgan fingerprint density at radius 1 is 1.06 bits per heavy atom. The minimum Gasteiger partial charge on any atom is -0.325 e. The van der Waals surface area contributed by atoms with Gasteiger partial charge in [0.1, 0.15) is 0 Å². The molecule has 6 nitrogen and oxygen atoms in total. The standard InChI is InChI=1S/C23H20ClN5OS/c1-15-9-10-18(24)12-19(15)26-21(30)14-31-23-28-27-22(17-7-5-11-25-13-17)29(23)20-8-4-3-6-16(20)2/h3-13H,14H2,1-2H3,(H,26,30). The summed E-state index contributed by atoms with van der Waals surface area (Å²) in [7, 11) is 0. The van der Waals surface area contributed by atoms with Crippen LogP contribution in [0.25, 0.3) is 17.1 Å². The van der Waals surface area contributed by atoms with Crippen molar-refractivity contribution in [3.8, 4) is 17.1 Å². The van der Waals surface area contributed by atoms with E-state index >= 15 is 0 Å². The summed E-state index contributed by atoms with van der Waals surface area (Å²) in [6, 6.07) is 17.2. The number of anilines is 1. The molecule has 2 aromatic heterocycles. The Balaban J connectivity index is 1.61. The van der Waals surface area contributed by atoms with E-state index in [-0.39, 0.29) is 11.7 Å². The number of pyridine rings is 1. The van der Waals surface area contributed by atoms with Gasteiger partial charge in [-0.2, -0.15) is 0 Å². The number of aryl methyl sites for hydroxylation is 2. The van der Waals surface area contributed by atoms with Crippen molar-refractivity contribution in [2.45, 2.75) is 19.0 Å². The highest BCUT2D eigenvalue weighted by Crippen LogP contribution is 2.29. The summed E-state index contributed by atoms with van der Waals surface area (Å²) < 4.78 is 1.97. The molecular formula is C23H20ClN5OS. The van der Waals surface area contributed by atoms with Crippen LogP contribution >= 0.6 is 23.4 Å². The molecular weight excluding hydrogens is 430 g/mol. The van der Waals surface area contributed by atoms with Crippen molar-refractivity contribution in [3.05, 3.63) is 83.1 Å². The number of nitrogens with one attached hydrogen (secondary N) is 1. The summed E-state index contributed by atoms with van der Waals surface area (Å²) >= 11 is 7.38. The lowest BCUT2D eigenvalue weighted by molar-refractivity contribution is -0.113. The van der Waals surface area contributed by atoms with Crippen LogP contribution in [0, 0.1) is 13.8 Å². The van der Waals surface area contributed by atoms with Crippen molar-refractivity contribution in [1.82, 2.24) is 19.7 Å². The van der Waals surface area contributed by atoms with Gasteiger partial charge < -0.3 is 5.32 Å². The van der Waals surface area contributed by atoms with Gasteiger partial charge in [-0.1, -0.05) is 47.6 Å². The second kappa shape index (κ2) is 9.32. The number of amides is 1. The van der Waals surface area contributed by atoms with Crippen LogP contribution < -0.4 is 5.32 Å². The van der Waals surface area contributed by atoms with Crippen LogP contribution in [0.1, 0.15) is 11.1 Å². The molecule has 0 spiro atoms. The van der Waals surface area contributed by atoms with Crippen molar-refractivity contribution in [2.24, 2.45) is 0 Å². The number of rotatable bonds is 6. The van der Waals surface area contributed by atoms with E-state index in [1.165, 1.54) is 11.8 Å². The molecule has 2 heterocycles. The Morgan fingerprint density at radius 3 is 2.68 bits per heavy atom. The number of hydrogen-bond donors (Lipinski definition) is 1. The Kier molecular flexibility index (Phi) is 6.34. The Bertz CT molecular complexity index is 1230. The van der Waals surface area contributed by atoms with E-state index in [2.05, 4.69) is 20.5 Å². The molecule has 8 heteroatoms. The molecule has 0 radical (unpaired) electrons. The van der Waals surface area contributed by atoms with Crippen LogP contribution in [0.4, 0.5) is 5.69 Å². The van der Waals surface area contributed by atoms with Gasteiger partial charge in [0.25, 0.3) is 0 Å². The average Bonchev–Trinajstić information content (AvgIpc) is 3.19. The molecule has 0 bridgehead atoms. The highest BCUT2D eigenvalue weighted by molar-refractivity contribution is 7.99. The summed E-state index contributed by atoms with van der Waals surface area (Å²) in [5.41, 5.74) is 4.54. The summed E-state index contributed by atoms with van der Waals surface area (Å²) in [4.78, 5) is 16.8. The van der Waals surface area contributed by atoms with Gasteiger partial charge in [-0.3, -0.25) is 14.3 Å². The molecule has 0 aliphatic rings. The molecule has 0 aliphatic carbocycles. The molecule has 1 N–H and O–H groups in total. The first kappa shape index (κ1) is 21.1. The monoisotopic (exact) mass is 449 g/mol. The van der Waals surface area contributed by atoms with Crippen molar-refractivity contribution in [3.63, 3.8) is 0 Å². The van der Waals surface area contributed by atoms with Gasteiger partial charge in [0.05, 0.1) is 11.4 Å². The van der Waals surface area contributed by atoms with E-state index < -0.39 is 0 Å². The predicted molar refractivity (Wildman–Crippen MR) is 125 cm³/mol. The fourth-order valence-corrected chi connectivity index (χ4v) is 4.04. The number of benzene rings is 2. The van der Waals surface area contributed by atoms with E-state index in [0.717, 1.165) is 22.4 Å². The number of thioether (sulfide) groups is 1. The van der Waals surface area contributed by atoms with E-state index in [9.17, 15) is 4.79 Å². The molecule has 0 atom stereocenters. The SMILES string of the molecule is Cc1ccc(Cl)cc1NC(=O)CSc1nnc(-c2cccnc2)n1-c1ccccc1C. The average molecular weight is 450 g/mol. The minimum absolute atomic E-state index is 0.141. The molecule has 31 heavy (non-hydrogen) atoms. The van der Waals surface area contributed by atoms with E-state index in [1.807, 2.05) is 60.9 Å². The zero-order chi connectivity index (χ0) is 21.8. The zero-order valence-corrected chi connectivity index (χ0v) is 18.6. The van der Waals surface area contributed by atoms with Gasteiger partial charge >= 0.3 is 0 Å². The second-order valence-electron chi connectivity index (χ2n) is 6.97. The van der Waals surface area contributed by atoms with E-state index in [0.29, 0.717) is 21.7 Å². The van der Waals surface area contributed by atoms with Gasteiger partial charge in [-0.15, -0.1) is 10.2 Å². The first-order valence-electron chi connectivity index (χ1n) is 9.63. The highest BCUT2D eigenvalue weighted by atomic mass is 35.5. The largest absolute Gasteiger partial charge is 0.325 e. The fraction of sp³-hybridized carbons (Fsp3) is 0.130. The van der Waals surface area contributed by atoms with Gasteiger partial charge in [-0.05, 0) is 55.3 Å². The maximum Gasteiger partial charge on any atom is 0.234 e. The van der Waals surface area contributed by atoms with Crippen LogP contribution in [0.5, 0.6) is 0 Å². The Hall–Kier alpha value is -3.16. The van der Waals surface area contributed by atoms with Crippen LogP contribution in [0.15, 0.2) is 72.1 Å². The van der Waals surface area contributed by atoms with Crippen LogP contribution in [-0.2, 0) is 4.79 Å². The lowest BCUT2D eigenvalue weighted by Gasteiger charge is -2.13. The number of hydrogen-bond acceptors (Lipinski definition) is 5. The quantitative estimate of drug-likeness (QED) is 0.403. The molecule has 0 fully saturated rings. The third kappa shape index (κ3) is 4.78. The Labute approximate surface area is 189 Å². The van der Waals surface area contributed by atoms with Crippen LogP contribution in [0.2, 0.25) is 5.02 Å². The third-order valence-electron chi connectivity index (χ3n) is 4.72. The molecule has 0 saturated heterocycles. The first-order valence-corrected chi connectivity index (χ1v) is 11.0. The molecule has 156 valence electrons. The lowest BCUT2D eigenvalue weighted by atomic mass is 10.2. The first-order chi connectivity index (χ1) is 15.0. The van der Waals surface area contributed by atoms with E-state index in [4.69, 9.17) is 11.6 Å². The molecule has 0 aliphatic heterocycles. The third-order valence-corrected chi connectivity index (χ3v) is 5.88. The van der Waals surface area contributed by atoms with Crippen molar-refractivity contribution >= 4 is 35.0 Å². The fourth-order valence-electron chi connectivity index (χ4n) is 3.12. The highest BCUT2D eigenvalue weighted by Gasteiger charge is 2.18. The maximum absolute atomic E-state index is 12.6. The second-order valence-corrected chi connectivity index (χ2v) is 8.34. The summed E-state index contributed by atoms with van der Waals surface area (Å²) in [6.45, 7) is 3.96. The van der Waals surface area contributed by atoms with Crippen molar-refractivity contribution in [2.75, 3.05) is 11.1 Å². The molecule has 4 aromatic rings. The van der Waals surface area contributed by atoms with Crippen molar-refractivity contribution < 1.29 is 4.79 Å². The number of aromatic nitrogens is 4.